The topological polar surface area (TPSA) is 78.4 Å². The third-order valence-corrected chi connectivity index (χ3v) is 2.86. The molecule has 0 bridgehead atoms. The van der Waals surface area contributed by atoms with Crippen molar-refractivity contribution in [2.75, 3.05) is 18.1 Å². The predicted octanol–water partition coefficient (Wildman–Crippen LogP) is 1.15. The fourth-order valence-electron chi connectivity index (χ4n) is 1.09. The minimum Gasteiger partial charge on any atom is -0.480 e. The number of amides is 2. The summed E-state index contributed by atoms with van der Waals surface area (Å²) in [5, 5.41) is 13.9. The second-order valence-electron chi connectivity index (χ2n) is 3.66. The zero-order valence-corrected chi connectivity index (χ0v) is 10.8. The van der Waals surface area contributed by atoms with Crippen molar-refractivity contribution in [2.45, 2.75) is 26.8 Å². The highest BCUT2D eigenvalue weighted by Crippen LogP contribution is 2.01. The van der Waals surface area contributed by atoms with Crippen molar-refractivity contribution in [3.8, 4) is 0 Å². The summed E-state index contributed by atoms with van der Waals surface area (Å²) >= 11 is 1.72. The van der Waals surface area contributed by atoms with E-state index in [2.05, 4.69) is 10.6 Å². The quantitative estimate of drug-likeness (QED) is 0.591. The zero-order chi connectivity index (χ0) is 12.6. The van der Waals surface area contributed by atoms with E-state index < -0.39 is 18.0 Å². The maximum absolute atomic E-state index is 11.3. The Kier molecular flexibility index (Phi) is 7.80. The molecule has 0 aliphatic carbocycles. The van der Waals surface area contributed by atoms with E-state index in [9.17, 15) is 9.59 Å². The van der Waals surface area contributed by atoms with Crippen LogP contribution in [0.5, 0.6) is 0 Å². The molecule has 2 amide bonds. The van der Waals surface area contributed by atoms with Crippen LogP contribution in [-0.4, -0.2) is 41.2 Å². The molecular weight excluding hydrogens is 228 g/mol. The number of carbonyl (C=O) groups is 2. The first-order chi connectivity index (χ1) is 7.49. The summed E-state index contributed by atoms with van der Waals surface area (Å²) in [5.74, 6) is 0.706. The van der Waals surface area contributed by atoms with Crippen LogP contribution in [0.2, 0.25) is 0 Å². The SMILES string of the molecule is CCSCCNC(=O)NC(C(=O)O)C(C)C. The molecule has 16 heavy (non-hydrogen) atoms. The Balaban J connectivity index is 3.87. The summed E-state index contributed by atoms with van der Waals surface area (Å²) in [6.07, 6.45) is 0. The van der Waals surface area contributed by atoms with Crippen molar-refractivity contribution in [1.29, 1.82) is 0 Å². The highest BCUT2D eigenvalue weighted by atomic mass is 32.2. The van der Waals surface area contributed by atoms with Gasteiger partial charge in [-0.3, -0.25) is 0 Å². The second kappa shape index (κ2) is 8.27. The van der Waals surface area contributed by atoms with E-state index in [4.69, 9.17) is 5.11 Å². The van der Waals surface area contributed by atoms with Gasteiger partial charge in [0.15, 0.2) is 0 Å². The van der Waals surface area contributed by atoms with Crippen LogP contribution in [-0.2, 0) is 4.79 Å². The number of carbonyl (C=O) groups excluding carboxylic acids is 1. The van der Waals surface area contributed by atoms with Crippen LogP contribution in [0.15, 0.2) is 0 Å². The maximum Gasteiger partial charge on any atom is 0.326 e. The number of hydrogen-bond acceptors (Lipinski definition) is 3. The Labute approximate surface area is 100 Å². The molecule has 3 N–H and O–H groups in total. The normalized spacial score (nSPS) is 12.2. The Morgan fingerprint density at radius 2 is 2.00 bits per heavy atom. The lowest BCUT2D eigenvalue weighted by Crippen LogP contribution is -2.49. The first-order valence-electron chi connectivity index (χ1n) is 5.34. The van der Waals surface area contributed by atoms with Crippen LogP contribution in [0, 0.1) is 5.92 Å². The van der Waals surface area contributed by atoms with Gasteiger partial charge in [-0.05, 0) is 11.7 Å². The average Bonchev–Trinajstić information content (AvgIpc) is 2.20. The summed E-state index contributed by atoms with van der Waals surface area (Å²) in [6, 6.07) is -1.25. The number of carboxylic acid groups (broad SMARTS) is 1. The molecule has 0 aromatic carbocycles. The smallest absolute Gasteiger partial charge is 0.326 e. The molecule has 0 saturated heterocycles. The van der Waals surface area contributed by atoms with Crippen LogP contribution in [0.25, 0.3) is 0 Å². The van der Waals surface area contributed by atoms with Crippen LogP contribution in [0.1, 0.15) is 20.8 Å². The van der Waals surface area contributed by atoms with E-state index >= 15 is 0 Å². The predicted molar refractivity (Wildman–Crippen MR) is 65.8 cm³/mol. The van der Waals surface area contributed by atoms with Gasteiger partial charge in [0.05, 0.1) is 0 Å². The summed E-state index contributed by atoms with van der Waals surface area (Å²) in [7, 11) is 0. The van der Waals surface area contributed by atoms with E-state index in [-0.39, 0.29) is 5.92 Å². The van der Waals surface area contributed by atoms with E-state index in [0.29, 0.717) is 6.54 Å². The largest absolute Gasteiger partial charge is 0.480 e. The number of urea groups is 1. The van der Waals surface area contributed by atoms with E-state index in [0.717, 1.165) is 11.5 Å². The Morgan fingerprint density at radius 1 is 1.38 bits per heavy atom. The number of thioether (sulfide) groups is 1. The van der Waals surface area contributed by atoms with Gasteiger partial charge in [-0.15, -0.1) is 0 Å². The molecule has 0 radical (unpaired) electrons. The van der Waals surface area contributed by atoms with Crippen LogP contribution in [0.4, 0.5) is 4.79 Å². The van der Waals surface area contributed by atoms with E-state index in [1.54, 1.807) is 25.6 Å². The van der Waals surface area contributed by atoms with Crippen molar-refractivity contribution in [1.82, 2.24) is 10.6 Å². The standard InChI is InChI=1S/C10H20N2O3S/c1-4-16-6-5-11-10(15)12-8(7(2)3)9(13)14/h7-8H,4-6H2,1-3H3,(H,13,14)(H2,11,12,15). The monoisotopic (exact) mass is 248 g/mol. The Morgan fingerprint density at radius 3 is 2.44 bits per heavy atom. The number of rotatable bonds is 7. The fraction of sp³-hybridized carbons (Fsp3) is 0.800. The number of carboxylic acids is 1. The van der Waals surface area contributed by atoms with Crippen molar-refractivity contribution >= 4 is 23.8 Å². The molecule has 0 spiro atoms. The molecule has 0 aromatic heterocycles. The molecule has 0 rings (SSSR count). The lowest BCUT2D eigenvalue weighted by molar-refractivity contribution is -0.140. The first kappa shape index (κ1) is 15.1. The van der Waals surface area contributed by atoms with Crippen molar-refractivity contribution < 1.29 is 14.7 Å². The van der Waals surface area contributed by atoms with Crippen molar-refractivity contribution in [3.05, 3.63) is 0 Å². The van der Waals surface area contributed by atoms with Gasteiger partial charge in [0, 0.05) is 12.3 Å². The molecule has 0 heterocycles. The van der Waals surface area contributed by atoms with Gasteiger partial charge in [0.1, 0.15) is 6.04 Å². The van der Waals surface area contributed by atoms with Gasteiger partial charge in [-0.25, -0.2) is 9.59 Å². The molecule has 1 atom stereocenters. The lowest BCUT2D eigenvalue weighted by Gasteiger charge is -2.18. The van der Waals surface area contributed by atoms with Crippen LogP contribution < -0.4 is 10.6 Å². The summed E-state index contributed by atoms with van der Waals surface area (Å²) < 4.78 is 0. The van der Waals surface area contributed by atoms with E-state index in [1.165, 1.54) is 0 Å². The van der Waals surface area contributed by atoms with Gasteiger partial charge in [0.25, 0.3) is 0 Å². The number of hydrogen-bond donors (Lipinski definition) is 3. The molecule has 0 aromatic rings. The Bertz CT molecular complexity index is 234. The third kappa shape index (κ3) is 6.55. The summed E-state index contributed by atoms with van der Waals surface area (Å²) in [6.45, 7) is 6.11. The molecule has 94 valence electrons. The Hall–Kier alpha value is -0.910. The van der Waals surface area contributed by atoms with Gasteiger partial charge in [-0.1, -0.05) is 20.8 Å². The molecule has 0 aliphatic rings. The lowest BCUT2D eigenvalue weighted by atomic mass is 10.1. The van der Waals surface area contributed by atoms with Crippen LogP contribution in [0.3, 0.4) is 0 Å². The molecule has 6 heteroatoms. The summed E-state index contributed by atoms with van der Waals surface area (Å²) in [4.78, 5) is 22.1. The minimum absolute atomic E-state index is 0.131. The van der Waals surface area contributed by atoms with Crippen LogP contribution >= 0.6 is 11.8 Å². The molecule has 1 unspecified atom stereocenters. The molecular formula is C10H20N2O3S. The number of nitrogens with one attached hydrogen (secondary N) is 2. The molecule has 0 fully saturated rings. The second-order valence-corrected chi connectivity index (χ2v) is 5.05. The minimum atomic E-state index is -1.01. The van der Waals surface area contributed by atoms with Gasteiger partial charge in [0.2, 0.25) is 0 Å². The molecule has 0 aliphatic heterocycles. The highest BCUT2D eigenvalue weighted by Gasteiger charge is 2.22. The zero-order valence-electron chi connectivity index (χ0n) is 9.95. The molecule has 5 nitrogen and oxygen atoms in total. The van der Waals surface area contributed by atoms with Gasteiger partial charge < -0.3 is 15.7 Å². The van der Waals surface area contributed by atoms with Crippen molar-refractivity contribution in [2.24, 2.45) is 5.92 Å². The van der Waals surface area contributed by atoms with Gasteiger partial charge in [-0.2, -0.15) is 11.8 Å². The summed E-state index contributed by atoms with van der Waals surface area (Å²) in [5.41, 5.74) is 0. The average molecular weight is 248 g/mol. The maximum atomic E-state index is 11.3. The third-order valence-electron chi connectivity index (χ3n) is 1.96. The highest BCUT2D eigenvalue weighted by molar-refractivity contribution is 7.99. The van der Waals surface area contributed by atoms with Gasteiger partial charge >= 0.3 is 12.0 Å². The fourth-order valence-corrected chi connectivity index (χ4v) is 1.62. The van der Waals surface area contributed by atoms with E-state index in [1.807, 2.05) is 6.92 Å². The number of aliphatic carboxylic acids is 1. The molecule has 0 saturated carbocycles. The first-order valence-corrected chi connectivity index (χ1v) is 6.49. The van der Waals surface area contributed by atoms with Crippen molar-refractivity contribution in [3.63, 3.8) is 0 Å².